The molecule has 0 saturated carbocycles. The smallest absolute Gasteiger partial charge is 0.350 e. The van der Waals surface area contributed by atoms with Gasteiger partial charge in [-0.2, -0.15) is 13.2 Å². The van der Waals surface area contributed by atoms with Crippen LogP contribution in [0.25, 0.3) is 0 Å². The van der Waals surface area contributed by atoms with Crippen molar-refractivity contribution in [2.24, 2.45) is 5.92 Å². The fourth-order valence-electron chi connectivity index (χ4n) is 3.04. The maximum Gasteiger partial charge on any atom is 0.416 e. The highest BCUT2D eigenvalue weighted by Gasteiger charge is 2.30. The van der Waals surface area contributed by atoms with Gasteiger partial charge in [0.15, 0.2) is 0 Å². The van der Waals surface area contributed by atoms with E-state index in [0.29, 0.717) is 6.54 Å². The highest BCUT2D eigenvalue weighted by atomic mass is 19.4. The highest BCUT2D eigenvalue weighted by molar-refractivity contribution is 5.89. The van der Waals surface area contributed by atoms with Crippen molar-refractivity contribution in [1.29, 1.82) is 0 Å². The number of amides is 3. The van der Waals surface area contributed by atoms with Crippen molar-refractivity contribution in [2.75, 3.05) is 18.4 Å². The number of halogens is 3. The normalized spacial score (nSPS) is 12.4. The largest absolute Gasteiger partial charge is 0.416 e. The molecule has 0 aliphatic rings. The average Bonchev–Trinajstić information content (AvgIpc) is 2.71. The molecule has 0 fully saturated rings. The first kappa shape index (κ1) is 24.2. The van der Waals surface area contributed by atoms with E-state index in [9.17, 15) is 22.8 Å². The Morgan fingerprint density at radius 3 is 2.13 bits per heavy atom. The van der Waals surface area contributed by atoms with Crippen LogP contribution >= 0.6 is 0 Å². The van der Waals surface area contributed by atoms with Crippen LogP contribution in [0.1, 0.15) is 44.4 Å². The molecule has 0 saturated heterocycles. The number of anilines is 1. The van der Waals surface area contributed by atoms with E-state index >= 15 is 0 Å². The number of nitrogens with one attached hydrogen (secondary N) is 2. The van der Waals surface area contributed by atoms with Gasteiger partial charge in [0.1, 0.15) is 0 Å². The van der Waals surface area contributed by atoms with Crippen molar-refractivity contribution in [3.63, 3.8) is 0 Å². The molecular weight excluding hydrogens is 407 g/mol. The lowest BCUT2D eigenvalue weighted by Gasteiger charge is -2.25. The number of benzene rings is 2. The Bertz CT molecular complexity index is 853. The molecule has 2 aromatic carbocycles. The topological polar surface area (TPSA) is 61.4 Å². The van der Waals surface area contributed by atoms with Gasteiger partial charge in [0.2, 0.25) is 5.91 Å². The van der Waals surface area contributed by atoms with Crippen LogP contribution in [-0.4, -0.2) is 29.9 Å². The fraction of sp³-hybridized carbons (Fsp3) is 0.391. The molecule has 2 N–H and O–H groups in total. The molecule has 0 aromatic heterocycles. The van der Waals surface area contributed by atoms with E-state index in [1.54, 1.807) is 0 Å². The summed E-state index contributed by atoms with van der Waals surface area (Å²) >= 11 is 0. The molecule has 2 rings (SSSR count). The summed E-state index contributed by atoms with van der Waals surface area (Å²) in [7, 11) is 0. The van der Waals surface area contributed by atoms with Gasteiger partial charge in [0.05, 0.1) is 11.6 Å². The summed E-state index contributed by atoms with van der Waals surface area (Å²) in [5.41, 5.74) is 0.456. The van der Waals surface area contributed by atoms with E-state index in [1.165, 1.54) is 17.0 Å². The zero-order valence-corrected chi connectivity index (χ0v) is 17.9. The van der Waals surface area contributed by atoms with Gasteiger partial charge in [-0.05, 0) is 42.7 Å². The van der Waals surface area contributed by atoms with Crippen LogP contribution < -0.4 is 10.6 Å². The Morgan fingerprint density at radius 1 is 0.968 bits per heavy atom. The van der Waals surface area contributed by atoms with Gasteiger partial charge in [0, 0.05) is 25.2 Å². The molecule has 0 heterocycles. The van der Waals surface area contributed by atoms with Gasteiger partial charge in [-0.1, -0.05) is 44.2 Å². The monoisotopic (exact) mass is 435 g/mol. The Balaban J connectivity index is 1.94. The van der Waals surface area contributed by atoms with Crippen molar-refractivity contribution in [2.45, 2.75) is 39.4 Å². The summed E-state index contributed by atoms with van der Waals surface area (Å²) in [6, 6.07) is 13.2. The number of hydrogen-bond acceptors (Lipinski definition) is 2. The standard InChI is InChI=1S/C23H28F3N3O2/c1-16(2)15-29(14-13-21(30)27-17(3)18-7-5-4-6-8-18)22(31)28-20-11-9-19(10-12-20)23(24,25)26/h4-12,16-17H,13-15H2,1-3H3,(H,27,30)(H,28,31). The molecular formula is C23H28F3N3O2. The number of nitrogens with zero attached hydrogens (tertiary/aromatic N) is 1. The zero-order chi connectivity index (χ0) is 23.0. The maximum atomic E-state index is 12.7. The van der Waals surface area contributed by atoms with Gasteiger partial charge in [-0.3, -0.25) is 4.79 Å². The Kier molecular flexibility index (Phi) is 8.47. The molecule has 0 aliphatic heterocycles. The van der Waals surface area contributed by atoms with E-state index < -0.39 is 17.8 Å². The Labute approximate surface area is 180 Å². The van der Waals surface area contributed by atoms with Crippen LogP contribution in [-0.2, 0) is 11.0 Å². The Morgan fingerprint density at radius 2 is 1.58 bits per heavy atom. The number of alkyl halides is 3. The summed E-state index contributed by atoms with van der Waals surface area (Å²) in [5, 5.41) is 5.51. The van der Waals surface area contributed by atoms with Gasteiger partial charge in [-0.15, -0.1) is 0 Å². The number of carbonyl (C=O) groups is 2. The fourth-order valence-corrected chi connectivity index (χ4v) is 3.04. The lowest BCUT2D eigenvalue weighted by atomic mass is 10.1. The summed E-state index contributed by atoms with van der Waals surface area (Å²) in [4.78, 5) is 26.5. The number of urea groups is 1. The van der Waals surface area contributed by atoms with E-state index in [4.69, 9.17) is 0 Å². The first-order valence-electron chi connectivity index (χ1n) is 10.1. The molecule has 5 nitrogen and oxygen atoms in total. The first-order chi connectivity index (χ1) is 14.6. The van der Waals surface area contributed by atoms with E-state index in [1.807, 2.05) is 51.1 Å². The quantitative estimate of drug-likeness (QED) is 0.578. The van der Waals surface area contributed by atoms with Crippen molar-refractivity contribution >= 4 is 17.6 Å². The summed E-state index contributed by atoms with van der Waals surface area (Å²) in [5.74, 6) is -0.0305. The van der Waals surface area contributed by atoms with Gasteiger partial charge in [0.25, 0.3) is 0 Å². The molecule has 2 aromatic rings. The second kappa shape index (κ2) is 10.8. The highest BCUT2D eigenvalue weighted by Crippen LogP contribution is 2.29. The van der Waals surface area contributed by atoms with Crippen molar-refractivity contribution in [3.05, 3.63) is 65.7 Å². The molecule has 168 valence electrons. The predicted molar refractivity (Wildman–Crippen MR) is 114 cm³/mol. The van der Waals surface area contributed by atoms with Crippen molar-refractivity contribution in [3.8, 4) is 0 Å². The molecule has 1 unspecified atom stereocenters. The number of carbonyl (C=O) groups excluding carboxylic acids is 2. The number of rotatable bonds is 8. The second-order valence-corrected chi connectivity index (χ2v) is 7.80. The number of hydrogen-bond donors (Lipinski definition) is 2. The third kappa shape index (κ3) is 7.96. The summed E-state index contributed by atoms with van der Waals surface area (Å²) in [6.45, 7) is 6.37. The Hall–Kier alpha value is -3.03. The minimum absolute atomic E-state index is 0.115. The predicted octanol–water partition coefficient (Wildman–Crippen LogP) is 5.46. The van der Waals surface area contributed by atoms with E-state index in [-0.39, 0.29) is 36.5 Å². The molecule has 0 bridgehead atoms. The molecule has 0 aliphatic carbocycles. The third-order valence-electron chi connectivity index (χ3n) is 4.62. The molecule has 0 radical (unpaired) electrons. The lowest BCUT2D eigenvalue weighted by molar-refractivity contribution is -0.137. The van der Waals surface area contributed by atoms with Gasteiger partial charge < -0.3 is 15.5 Å². The van der Waals surface area contributed by atoms with Crippen LogP contribution in [0.2, 0.25) is 0 Å². The molecule has 31 heavy (non-hydrogen) atoms. The van der Waals surface area contributed by atoms with E-state index in [0.717, 1.165) is 17.7 Å². The minimum Gasteiger partial charge on any atom is -0.350 e. The van der Waals surface area contributed by atoms with Gasteiger partial charge >= 0.3 is 12.2 Å². The first-order valence-corrected chi connectivity index (χ1v) is 10.1. The molecule has 1 atom stereocenters. The SMILES string of the molecule is CC(C)CN(CCC(=O)NC(C)c1ccccc1)C(=O)Nc1ccc(C(F)(F)F)cc1. The van der Waals surface area contributed by atoms with Gasteiger partial charge in [-0.25, -0.2) is 4.79 Å². The van der Waals surface area contributed by atoms with Crippen LogP contribution in [0, 0.1) is 5.92 Å². The van der Waals surface area contributed by atoms with E-state index in [2.05, 4.69) is 10.6 Å². The second-order valence-electron chi connectivity index (χ2n) is 7.80. The minimum atomic E-state index is -4.43. The average molecular weight is 435 g/mol. The molecule has 3 amide bonds. The van der Waals surface area contributed by atoms with Crippen molar-refractivity contribution in [1.82, 2.24) is 10.2 Å². The van der Waals surface area contributed by atoms with Crippen LogP contribution in [0.5, 0.6) is 0 Å². The molecule has 8 heteroatoms. The molecule has 0 spiro atoms. The van der Waals surface area contributed by atoms with Crippen LogP contribution in [0.3, 0.4) is 0 Å². The summed E-state index contributed by atoms with van der Waals surface area (Å²) in [6.07, 6.45) is -4.32. The van der Waals surface area contributed by atoms with Crippen LogP contribution in [0.4, 0.5) is 23.7 Å². The van der Waals surface area contributed by atoms with Crippen molar-refractivity contribution < 1.29 is 22.8 Å². The third-order valence-corrected chi connectivity index (χ3v) is 4.62. The summed E-state index contributed by atoms with van der Waals surface area (Å²) < 4.78 is 38.1. The lowest BCUT2D eigenvalue weighted by Crippen LogP contribution is -2.40. The van der Waals surface area contributed by atoms with Crippen LogP contribution in [0.15, 0.2) is 54.6 Å². The maximum absolute atomic E-state index is 12.7. The zero-order valence-electron chi connectivity index (χ0n) is 17.9.